The third-order valence-electron chi connectivity index (χ3n) is 6.19. The Morgan fingerprint density at radius 1 is 1.25 bits per heavy atom. The van der Waals surface area contributed by atoms with E-state index in [-0.39, 0.29) is 24.4 Å². The van der Waals surface area contributed by atoms with Gasteiger partial charge in [0, 0.05) is 15.7 Å². The van der Waals surface area contributed by atoms with Crippen LogP contribution in [0.2, 0.25) is 0 Å². The SMILES string of the molecule is CC1(C)NC(=O)N(CC(=O)N2N=C3/C(=C\c4cccs4)CCCC3C2c2cccs2)C1=O. The van der Waals surface area contributed by atoms with Crippen LogP contribution in [0.4, 0.5) is 4.79 Å². The molecule has 1 saturated heterocycles. The normalized spacial score (nSPS) is 25.8. The summed E-state index contributed by atoms with van der Waals surface area (Å²) < 4.78 is 0. The van der Waals surface area contributed by atoms with Crippen LogP contribution in [0.5, 0.6) is 0 Å². The Morgan fingerprint density at radius 3 is 2.69 bits per heavy atom. The first-order valence-corrected chi connectivity index (χ1v) is 12.4. The van der Waals surface area contributed by atoms with Gasteiger partial charge < -0.3 is 5.32 Å². The number of imide groups is 1. The highest BCUT2D eigenvalue weighted by molar-refractivity contribution is 7.11. The van der Waals surface area contributed by atoms with Gasteiger partial charge in [-0.15, -0.1) is 22.7 Å². The molecular weight excluding hydrogens is 444 g/mol. The van der Waals surface area contributed by atoms with Crippen molar-refractivity contribution in [3.8, 4) is 0 Å². The fourth-order valence-electron chi connectivity index (χ4n) is 4.66. The van der Waals surface area contributed by atoms with E-state index < -0.39 is 17.5 Å². The molecule has 7 nitrogen and oxygen atoms in total. The van der Waals surface area contributed by atoms with Gasteiger partial charge in [-0.2, -0.15) is 5.10 Å². The van der Waals surface area contributed by atoms with E-state index in [4.69, 9.17) is 5.10 Å². The lowest BCUT2D eigenvalue weighted by atomic mass is 9.79. The number of fused-ring (bicyclic) bond motifs is 1. The van der Waals surface area contributed by atoms with Crippen molar-refractivity contribution in [2.45, 2.75) is 44.7 Å². The van der Waals surface area contributed by atoms with Crippen molar-refractivity contribution < 1.29 is 14.4 Å². The highest BCUT2D eigenvalue weighted by Gasteiger charge is 2.48. The zero-order valence-electron chi connectivity index (χ0n) is 17.9. The molecule has 0 aromatic carbocycles. The van der Waals surface area contributed by atoms with E-state index >= 15 is 0 Å². The molecule has 0 bridgehead atoms. The standard InChI is InChI=1S/C23H24N4O3S2/c1-23(2)21(29)26(22(30)24-23)13-18(28)27-20(17-9-5-11-32-17)16-8-3-6-14(19(16)25-27)12-15-7-4-10-31-15/h4-5,7,9-12,16,20H,3,6,8,13H2,1-2H3,(H,24,30)/b14-12-. The van der Waals surface area contributed by atoms with E-state index in [1.807, 2.05) is 29.0 Å². The average molecular weight is 469 g/mol. The Hall–Kier alpha value is -2.78. The van der Waals surface area contributed by atoms with Gasteiger partial charge in [-0.05, 0) is 67.7 Å². The molecule has 2 aromatic heterocycles. The maximum atomic E-state index is 13.4. The van der Waals surface area contributed by atoms with Gasteiger partial charge in [0.25, 0.3) is 11.8 Å². The van der Waals surface area contributed by atoms with Crippen LogP contribution in [0.15, 0.2) is 45.7 Å². The van der Waals surface area contributed by atoms with Gasteiger partial charge >= 0.3 is 6.03 Å². The number of hydrogen-bond donors (Lipinski definition) is 1. The lowest BCUT2D eigenvalue weighted by Gasteiger charge is -2.29. The first-order chi connectivity index (χ1) is 15.3. The molecule has 9 heteroatoms. The first-order valence-electron chi connectivity index (χ1n) is 10.7. The second-order valence-electron chi connectivity index (χ2n) is 8.81. The van der Waals surface area contributed by atoms with Gasteiger partial charge in [0.1, 0.15) is 12.1 Å². The maximum absolute atomic E-state index is 13.4. The summed E-state index contributed by atoms with van der Waals surface area (Å²) in [4.78, 5) is 41.6. The van der Waals surface area contributed by atoms with Crippen molar-refractivity contribution in [3.63, 3.8) is 0 Å². The van der Waals surface area contributed by atoms with Gasteiger partial charge in [-0.3, -0.25) is 14.5 Å². The molecule has 0 spiro atoms. The fourth-order valence-corrected chi connectivity index (χ4v) is 6.22. The second-order valence-corrected chi connectivity index (χ2v) is 10.8. The smallest absolute Gasteiger partial charge is 0.324 e. The zero-order valence-corrected chi connectivity index (χ0v) is 19.5. The second kappa shape index (κ2) is 7.97. The lowest BCUT2D eigenvalue weighted by Crippen LogP contribution is -2.43. The Balaban J connectivity index is 1.48. The molecule has 32 heavy (non-hydrogen) atoms. The molecule has 4 amide bonds. The summed E-state index contributed by atoms with van der Waals surface area (Å²) in [7, 11) is 0. The molecule has 1 saturated carbocycles. The summed E-state index contributed by atoms with van der Waals surface area (Å²) in [5, 5.41) is 13.0. The Morgan fingerprint density at radius 2 is 2.03 bits per heavy atom. The molecule has 166 valence electrons. The minimum atomic E-state index is -1.01. The molecule has 4 heterocycles. The summed E-state index contributed by atoms with van der Waals surface area (Å²) in [5.41, 5.74) is 1.11. The number of hydrogen-bond acceptors (Lipinski definition) is 6. The Bertz CT molecular complexity index is 1120. The number of thiophene rings is 2. The average Bonchev–Trinajstić information content (AvgIpc) is 3.52. The number of carbonyl (C=O) groups excluding carboxylic acids is 3. The predicted molar refractivity (Wildman–Crippen MR) is 125 cm³/mol. The monoisotopic (exact) mass is 468 g/mol. The fraction of sp³-hybridized carbons (Fsp3) is 0.391. The van der Waals surface area contributed by atoms with Gasteiger partial charge in [-0.1, -0.05) is 12.1 Å². The minimum absolute atomic E-state index is 0.108. The van der Waals surface area contributed by atoms with Crippen LogP contribution in [0.1, 0.15) is 48.9 Å². The van der Waals surface area contributed by atoms with Crippen LogP contribution >= 0.6 is 22.7 Å². The third-order valence-corrected chi connectivity index (χ3v) is 7.95. The number of urea groups is 1. The van der Waals surface area contributed by atoms with Crippen LogP contribution in [-0.2, 0) is 9.59 Å². The third kappa shape index (κ3) is 3.59. The van der Waals surface area contributed by atoms with Crippen molar-refractivity contribution in [1.29, 1.82) is 0 Å². The number of nitrogens with zero attached hydrogens (tertiary/aromatic N) is 3. The van der Waals surface area contributed by atoms with Gasteiger partial charge in [-0.25, -0.2) is 9.80 Å². The van der Waals surface area contributed by atoms with E-state index in [2.05, 4.69) is 17.5 Å². The van der Waals surface area contributed by atoms with Crippen molar-refractivity contribution in [3.05, 3.63) is 50.4 Å². The predicted octanol–water partition coefficient (Wildman–Crippen LogP) is 4.26. The number of carbonyl (C=O) groups is 3. The molecule has 2 fully saturated rings. The Kier molecular flexibility index (Phi) is 5.25. The maximum Gasteiger partial charge on any atom is 0.325 e. The molecule has 1 aliphatic carbocycles. The highest BCUT2D eigenvalue weighted by atomic mass is 32.1. The number of hydrazone groups is 1. The van der Waals surface area contributed by atoms with Crippen molar-refractivity contribution in [1.82, 2.24) is 15.2 Å². The number of rotatable bonds is 4. The van der Waals surface area contributed by atoms with Crippen LogP contribution in [-0.4, -0.2) is 45.5 Å². The summed E-state index contributed by atoms with van der Waals surface area (Å²) in [6.45, 7) is 2.96. The van der Waals surface area contributed by atoms with E-state index in [0.717, 1.165) is 40.3 Å². The molecule has 0 radical (unpaired) electrons. The quantitative estimate of drug-likeness (QED) is 0.681. The molecule has 2 unspecified atom stereocenters. The van der Waals surface area contributed by atoms with Crippen LogP contribution in [0, 0.1) is 5.92 Å². The number of allylic oxidation sites excluding steroid dienone is 1. The molecule has 5 rings (SSSR count). The molecular formula is C23H24N4O3S2. The summed E-state index contributed by atoms with van der Waals surface area (Å²) >= 11 is 3.28. The van der Waals surface area contributed by atoms with Gasteiger partial charge in [0.15, 0.2) is 0 Å². The van der Waals surface area contributed by atoms with E-state index in [9.17, 15) is 14.4 Å². The summed E-state index contributed by atoms with van der Waals surface area (Å²) in [6, 6.07) is 7.36. The van der Waals surface area contributed by atoms with Gasteiger partial charge in [0.2, 0.25) is 0 Å². The topological polar surface area (TPSA) is 82.1 Å². The first kappa shape index (κ1) is 21.1. The summed E-state index contributed by atoms with van der Waals surface area (Å²) in [6.07, 6.45) is 5.08. The van der Waals surface area contributed by atoms with E-state index in [1.54, 1.807) is 36.5 Å². The zero-order chi connectivity index (χ0) is 22.5. The van der Waals surface area contributed by atoms with Crippen molar-refractivity contribution >= 4 is 52.3 Å². The number of nitrogens with one attached hydrogen (secondary N) is 1. The molecule has 3 aliphatic rings. The van der Waals surface area contributed by atoms with Crippen LogP contribution < -0.4 is 5.32 Å². The van der Waals surface area contributed by atoms with E-state index in [1.165, 1.54) is 9.89 Å². The molecule has 2 aliphatic heterocycles. The van der Waals surface area contributed by atoms with E-state index in [0.29, 0.717) is 0 Å². The molecule has 2 atom stereocenters. The summed E-state index contributed by atoms with van der Waals surface area (Å²) in [5.74, 6) is -0.634. The number of amides is 4. The highest BCUT2D eigenvalue weighted by Crippen LogP contribution is 2.45. The van der Waals surface area contributed by atoms with Gasteiger partial charge in [0.05, 0.1) is 11.8 Å². The van der Waals surface area contributed by atoms with Crippen molar-refractivity contribution in [2.75, 3.05) is 6.54 Å². The largest absolute Gasteiger partial charge is 0.325 e. The lowest BCUT2D eigenvalue weighted by molar-refractivity contribution is -0.139. The van der Waals surface area contributed by atoms with Crippen molar-refractivity contribution in [2.24, 2.45) is 11.0 Å². The molecule has 1 N–H and O–H groups in total. The van der Waals surface area contributed by atoms with Crippen LogP contribution in [0.3, 0.4) is 0 Å². The van der Waals surface area contributed by atoms with Crippen LogP contribution in [0.25, 0.3) is 6.08 Å². The minimum Gasteiger partial charge on any atom is -0.324 e. The molecule has 2 aromatic rings. The Labute approximate surface area is 194 Å².